The second kappa shape index (κ2) is 6.57. The highest BCUT2D eigenvalue weighted by atomic mass is 16.5. The van der Waals surface area contributed by atoms with Crippen LogP contribution in [0.4, 0.5) is 0 Å². The van der Waals surface area contributed by atoms with Gasteiger partial charge in [0.25, 0.3) is 0 Å². The van der Waals surface area contributed by atoms with E-state index in [9.17, 15) is 0 Å². The number of nitrogens with one attached hydrogen (secondary N) is 1. The summed E-state index contributed by atoms with van der Waals surface area (Å²) in [5.41, 5.74) is 1.92. The first-order valence-corrected chi connectivity index (χ1v) is 7.74. The van der Waals surface area contributed by atoms with Gasteiger partial charge in [-0.2, -0.15) is 5.26 Å². The molecule has 0 radical (unpaired) electrons. The van der Waals surface area contributed by atoms with Crippen molar-refractivity contribution in [2.45, 2.75) is 43.9 Å². The van der Waals surface area contributed by atoms with E-state index in [2.05, 4.69) is 17.5 Å². The summed E-state index contributed by atoms with van der Waals surface area (Å²) in [6, 6.07) is 10.5. The molecule has 21 heavy (non-hydrogen) atoms. The first-order valence-electron chi connectivity index (χ1n) is 7.74. The third-order valence-electron chi connectivity index (χ3n) is 4.55. The molecule has 2 heterocycles. The van der Waals surface area contributed by atoms with Gasteiger partial charge in [-0.3, -0.25) is 0 Å². The minimum absolute atomic E-state index is 0.0304. The maximum Gasteiger partial charge on any atom is 0.0991 e. The molecule has 0 amide bonds. The Hall–Kier alpha value is -1.41. The number of benzene rings is 1. The summed E-state index contributed by atoms with van der Waals surface area (Å²) in [5, 5.41) is 12.6. The van der Waals surface area contributed by atoms with E-state index in [1.165, 1.54) is 5.56 Å². The Morgan fingerprint density at radius 2 is 2.14 bits per heavy atom. The summed E-state index contributed by atoms with van der Waals surface area (Å²) in [6.07, 6.45) is 4.14. The average Bonchev–Trinajstić information content (AvgIpc) is 2.54. The molecule has 4 nitrogen and oxygen atoms in total. The molecule has 2 saturated heterocycles. The monoisotopic (exact) mass is 286 g/mol. The van der Waals surface area contributed by atoms with E-state index in [-0.39, 0.29) is 5.60 Å². The quantitative estimate of drug-likeness (QED) is 0.927. The van der Waals surface area contributed by atoms with Crippen molar-refractivity contribution in [2.24, 2.45) is 0 Å². The van der Waals surface area contributed by atoms with Gasteiger partial charge in [-0.05, 0) is 43.4 Å². The Balaban J connectivity index is 1.56. The van der Waals surface area contributed by atoms with Gasteiger partial charge in [0, 0.05) is 32.4 Å². The maximum absolute atomic E-state index is 8.95. The SMILES string of the molecule is N#Cc1cccc(CNC2CCOC3(CCOCC3)C2)c1. The fourth-order valence-corrected chi connectivity index (χ4v) is 3.31. The molecule has 2 aliphatic rings. The van der Waals surface area contributed by atoms with Crippen molar-refractivity contribution in [3.63, 3.8) is 0 Å². The van der Waals surface area contributed by atoms with Crippen LogP contribution in [0.25, 0.3) is 0 Å². The van der Waals surface area contributed by atoms with Crippen molar-refractivity contribution < 1.29 is 9.47 Å². The molecule has 0 aliphatic carbocycles. The van der Waals surface area contributed by atoms with Crippen molar-refractivity contribution in [1.82, 2.24) is 5.32 Å². The smallest absolute Gasteiger partial charge is 0.0991 e. The molecular formula is C17H22N2O2. The Kier molecular flexibility index (Phi) is 4.54. The fraction of sp³-hybridized carbons (Fsp3) is 0.588. The lowest BCUT2D eigenvalue weighted by atomic mass is 9.84. The highest BCUT2D eigenvalue weighted by Gasteiger charge is 2.38. The van der Waals surface area contributed by atoms with E-state index in [0.717, 1.165) is 57.6 Å². The molecule has 4 heteroatoms. The van der Waals surface area contributed by atoms with Crippen molar-refractivity contribution in [3.05, 3.63) is 35.4 Å². The van der Waals surface area contributed by atoms with Crippen LogP contribution < -0.4 is 5.32 Å². The average molecular weight is 286 g/mol. The number of nitrogens with zero attached hydrogens (tertiary/aromatic N) is 1. The molecule has 0 aromatic heterocycles. The summed E-state index contributed by atoms with van der Waals surface area (Å²) in [6.45, 7) is 3.27. The second-order valence-corrected chi connectivity index (χ2v) is 6.03. The lowest BCUT2D eigenvalue weighted by Gasteiger charge is -2.43. The molecule has 3 rings (SSSR count). The zero-order valence-electron chi connectivity index (χ0n) is 12.3. The molecule has 2 aliphatic heterocycles. The summed E-state index contributed by atoms with van der Waals surface area (Å²) < 4.78 is 11.5. The van der Waals surface area contributed by atoms with E-state index in [4.69, 9.17) is 14.7 Å². The standard InChI is InChI=1S/C17H22N2O2/c18-12-14-2-1-3-15(10-14)13-19-16-4-7-21-17(11-16)5-8-20-9-6-17/h1-3,10,16,19H,4-9,11,13H2. The van der Waals surface area contributed by atoms with Crippen LogP contribution in [0.2, 0.25) is 0 Å². The molecule has 0 bridgehead atoms. The third-order valence-corrected chi connectivity index (χ3v) is 4.55. The van der Waals surface area contributed by atoms with Gasteiger partial charge in [0.1, 0.15) is 0 Å². The number of rotatable bonds is 3. The summed E-state index contributed by atoms with van der Waals surface area (Å²) >= 11 is 0. The Morgan fingerprint density at radius 3 is 2.95 bits per heavy atom. The van der Waals surface area contributed by atoms with Gasteiger partial charge in [-0.15, -0.1) is 0 Å². The van der Waals surface area contributed by atoms with E-state index >= 15 is 0 Å². The van der Waals surface area contributed by atoms with Crippen molar-refractivity contribution in [1.29, 1.82) is 5.26 Å². The molecular weight excluding hydrogens is 264 g/mol. The molecule has 0 saturated carbocycles. The van der Waals surface area contributed by atoms with Gasteiger partial charge in [0.05, 0.1) is 17.2 Å². The van der Waals surface area contributed by atoms with Crippen molar-refractivity contribution in [3.8, 4) is 6.07 Å². The molecule has 1 aromatic carbocycles. The molecule has 2 fully saturated rings. The van der Waals surface area contributed by atoms with Crippen LogP contribution >= 0.6 is 0 Å². The normalized spacial score (nSPS) is 24.6. The van der Waals surface area contributed by atoms with Crippen molar-refractivity contribution >= 4 is 0 Å². The molecule has 1 aromatic rings. The lowest BCUT2D eigenvalue weighted by Crippen LogP contribution is -2.49. The van der Waals surface area contributed by atoms with E-state index in [0.29, 0.717) is 6.04 Å². The second-order valence-electron chi connectivity index (χ2n) is 6.03. The minimum Gasteiger partial charge on any atom is -0.381 e. The third kappa shape index (κ3) is 3.62. The number of ether oxygens (including phenoxy) is 2. The Bertz CT molecular complexity index is 512. The predicted octanol–water partition coefficient (Wildman–Crippen LogP) is 2.38. The topological polar surface area (TPSA) is 54.3 Å². The van der Waals surface area contributed by atoms with Gasteiger partial charge in [0.2, 0.25) is 0 Å². The van der Waals surface area contributed by atoms with E-state index in [1.54, 1.807) is 0 Å². The Morgan fingerprint density at radius 1 is 1.29 bits per heavy atom. The molecule has 1 N–H and O–H groups in total. The van der Waals surface area contributed by atoms with Crippen LogP contribution in [0, 0.1) is 11.3 Å². The predicted molar refractivity (Wildman–Crippen MR) is 79.8 cm³/mol. The number of hydrogen-bond acceptors (Lipinski definition) is 4. The first-order chi connectivity index (χ1) is 10.3. The van der Waals surface area contributed by atoms with Crippen LogP contribution in [0.5, 0.6) is 0 Å². The Labute approximate surface area is 126 Å². The minimum atomic E-state index is 0.0304. The summed E-state index contributed by atoms with van der Waals surface area (Å²) in [7, 11) is 0. The van der Waals surface area contributed by atoms with Crippen LogP contribution in [0.1, 0.15) is 36.8 Å². The van der Waals surface area contributed by atoms with Gasteiger partial charge in [-0.25, -0.2) is 0 Å². The van der Waals surface area contributed by atoms with Crippen LogP contribution in [-0.4, -0.2) is 31.5 Å². The highest BCUT2D eigenvalue weighted by Crippen LogP contribution is 2.34. The van der Waals surface area contributed by atoms with Gasteiger partial charge >= 0.3 is 0 Å². The highest BCUT2D eigenvalue weighted by molar-refractivity contribution is 5.32. The number of nitriles is 1. The first kappa shape index (κ1) is 14.5. The largest absolute Gasteiger partial charge is 0.381 e. The van der Waals surface area contributed by atoms with Gasteiger partial charge < -0.3 is 14.8 Å². The zero-order chi connectivity index (χ0) is 14.5. The van der Waals surface area contributed by atoms with Crippen LogP contribution in [-0.2, 0) is 16.0 Å². The molecule has 1 unspecified atom stereocenters. The summed E-state index contributed by atoms with van der Waals surface area (Å²) in [5.74, 6) is 0. The van der Waals surface area contributed by atoms with Crippen molar-refractivity contribution in [2.75, 3.05) is 19.8 Å². The fourth-order valence-electron chi connectivity index (χ4n) is 3.31. The van der Waals surface area contributed by atoms with E-state index < -0.39 is 0 Å². The van der Waals surface area contributed by atoms with Gasteiger partial charge in [-0.1, -0.05) is 12.1 Å². The molecule has 1 spiro atoms. The molecule has 1 atom stereocenters. The zero-order valence-corrected chi connectivity index (χ0v) is 12.3. The van der Waals surface area contributed by atoms with E-state index in [1.807, 2.05) is 18.2 Å². The van der Waals surface area contributed by atoms with Crippen LogP contribution in [0.15, 0.2) is 24.3 Å². The van der Waals surface area contributed by atoms with Gasteiger partial charge in [0.15, 0.2) is 0 Å². The van der Waals surface area contributed by atoms with Crippen LogP contribution in [0.3, 0.4) is 0 Å². The maximum atomic E-state index is 8.95. The lowest BCUT2D eigenvalue weighted by molar-refractivity contribution is -0.140. The number of hydrogen-bond donors (Lipinski definition) is 1. The molecule has 112 valence electrons. The summed E-state index contributed by atoms with van der Waals surface area (Å²) in [4.78, 5) is 0.